The molecule has 5 nitrogen and oxygen atoms in total. The lowest BCUT2D eigenvalue weighted by Crippen LogP contribution is -2.13. The maximum absolute atomic E-state index is 12.3. The Bertz CT molecular complexity index is 922. The summed E-state index contributed by atoms with van der Waals surface area (Å²) >= 11 is 12.0. The molecule has 122 valence electrons. The fourth-order valence-corrected chi connectivity index (χ4v) is 2.77. The maximum Gasteiger partial charge on any atom is 0.322 e. The van der Waals surface area contributed by atoms with Crippen molar-refractivity contribution in [1.29, 1.82) is 0 Å². The van der Waals surface area contributed by atoms with Crippen LogP contribution in [0.4, 0.5) is 6.01 Å². The van der Waals surface area contributed by atoms with E-state index in [1.807, 2.05) is 26.0 Å². The van der Waals surface area contributed by atoms with Crippen molar-refractivity contribution in [3.8, 4) is 11.5 Å². The van der Waals surface area contributed by atoms with Crippen molar-refractivity contribution in [2.45, 2.75) is 13.8 Å². The van der Waals surface area contributed by atoms with Gasteiger partial charge in [-0.25, -0.2) is 0 Å². The molecule has 0 radical (unpaired) electrons. The molecule has 0 spiro atoms. The van der Waals surface area contributed by atoms with Crippen molar-refractivity contribution in [3.63, 3.8) is 0 Å². The molecule has 1 aromatic heterocycles. The number of carbonyl (C=O) groups is 1. The van der Waals surface area contributed by atoms with Gasteiger partial charge < -0.3 is 4.42 Å². The van der Waals surface area contributed by atoms with Gasteiger partial charge in [0.25, 0.3) is 11.8 Å². The number of halogens is 2. The highest BCUT2D eigenvalue weighted by atomic mass is 35.5. The normalized spacial score (nSPS) is 10.7. The van der Waals surface area contributed by atoms with Gasteiger partial charge in [-0.15, -0.1) is 5.10 Å². The van der Waals surface area contributed by atoms with Gasteiger partial charge >= 0.3 is 6.01 Å². The Balaban J connectivity index is 1.82. The predicted octanol–water partition coefficient (Wildman–Crippen LogP) is 4.91. The molecule has 0 aliphatic heterocycles. The van der Waals surface area contributed by atoms with Gasteiger partial charge in [0.15, 0.2) is 0 Å². The molecule has 1 amide bonds. The molecule has 3 rings (SSSR count). The van der Waals surface area contributed by atoms with Gasteiger partial charge in [0.1, 0.15) is 0 Å². The monoisotopic (exact) mass is 361 g/mol. The Morgan fingerprint density at radius 1 is 1.08 bits per heavy atom. The number of rotatable bonds is 3. The first-order chi connectivity index (χ1) is 11.4. The van der Waals surface area contributed by atoms with Gasteiger partial charge in [0.05, 0.1) is 10.6 Å². The molecule has 7 heteroatoms. The average molecular weight is 362 g/mol. The highest BCUT2D eigenvalue weighted by molar-refractivity contribution is 6.36. The number of benzene rings is 2. The summed E-state index contributed by atoms with van der Waals surface area (Å²) in [5.74, 6) is -0.113. The van der Waals surface area contributed by atoms with Crippen LogP contribution in [0.15, 0.2) is 40.8 Å². The molecule has 0 aliphatic rings. The number of anilines is 1. The summed E-state index contributed by atoms with van der Waals surface area (Å²) in [5, 5.41) is 11.2. The lowest BCUT2D eigenvalue weighted by atomic mass is 10.1. The Morgan fingerprint density at radius 3 is 2.58 bits per heavy atom. The van der Waals surface area contributed by atoms with Crippen LogP contribution in [0.3, 0.4) is 0 Å². The summed E-state index contributed by atoms with van der Waals surface area (Å²) in [4.78, 5) is 12.3. The first-order valence-corrected chi connectivity index (χ1v) is 7.87. The number of aromatic nitrogens is 2. The molecular weight excluding hydrogens is 349 g/mol. The molecule has 0 saturated carbocycles. The van der Waals surface area contributed by atoms with Gasteiger partial charge in [-0.1, -0.05) is 46.0 Å². The number of aryl methyl sites for hydroxylation is 2. The van der Waals surface area contributed by atoms with Crippen LogP contribution in [-0.4, -0.2) is 16.1 Å². The lowest BCUT2D eigenvalue weighted by Gasteiger charge is -2.05. The second-order valence-electron chi connectivity index (χ2n) is 5.31. The third kappa shape index (κ3) is 3.42. The van der Waals surface area contributed by atoms with Crippen molar-refractivity contribution in [3.05, 3.63) is 63.1 Å². The Hall–Kier alpha value is -2.37. The fraction of sp³-hybridized carbons (Fsp3) is 0.118. The number of hydrogen-bond acceptors (Lipinski definition) is 4. The summed E-state index contributed by atoms with van der Waals surface area (Å²) in [7, 11) is 0. The summed E-state index contributed by atoms with van der Waals surface area (Å²) in [6.45, 7) is 3.84. The molecule has 24 heavy (non-hydrogen) atoms. The van der Waals surface area contributed by atoms with E-state index in [0.717, 1.165) is 11.1 Å². The Kier molecular flexibility index (Phi) is 4.55. The molecule has 0 saturated heterocycles. The molecule has 0 fully saturated rings. The zero-order chi connectivity index (χ0) is 17.3. The minimum absolute atomic E-state index is 0.000918. The third-order valence-electron chi connectivity index (χ3n) is 3.43. The number of hydrogen-bond donors (Lipinski definition) is 1. The van der Waals surface area contributed by atoms with Gasteiger partial charge in [0.2, 0.25) is 0 Å². The number of carbonyl (C=O) groups excluding carboxylic acids is 1. The Morgan fingerprint density at radius 2 is 1.88 bits per heavy atom. The van der Waals surface area contributed by atoms with E-state index in [0.29, 0.717) is 21.2 Å². The minimum atomic E-state index is -0.315. The zero-order valence-electron chi connectivity index (χ0n) is 12.9. The van der Waals surface area contributed by atoms with E-state index in [4.69, 9.17) is 27.6 Å². The van der Waals surface area contributed by atoms with E-state index >= 15 is 0 Å². The predicted molar refractivity (Wildman–Crippen MR) is 93.6 cm³/mol. The van der Waals surface area contributed by atoms with Gasteiger partial charge in [0, 0.05) is 10.6 Å². The van der Waals surface area contributed by atoms with Crippen molar-refractivity contribution in [2.75, 3.05) is 5.32 Å². The van der Waals surface area contributed by atoms with Crippen LogP contribution >= 0.6 is 23.2 Å². The topological polar surface area (TPSA) is 68.0 Å². The summed E-state index contributed by atoms with van der Waals surface area (Å²) in [6.07, 6.45) is 0. The van der Waals surface area contributed by atoms with Crippen LogP contribution in [0.1, 0.15) is 21.5 Å². The van der Waals surface area contributed by atoms with E-state index in [-0.39, 0.29) is 17.8 Å². The quantitative estimate of drug-likeness (QED) is 0.719. The maximum atomic E-state index is 12.3. The molecule has 0 aliphatic carbocycles. The summed E-state index contributed by atoms with van der Waals surface area (Å²) < 4.78 is 5.46. The lowest BCUT2D eigenvalue weighted by molar-refractivity contribution is 0.102. The number of nitrogens with one attached hydrogen (secondary N) is 1. The highest BCUT2D eigenvalue weighted by Crippen LogP contribution is 2.30. The summed E-state index contributed by atoms with van der Waals surface area (Å²) in [5.41, 5.74) is 3.04. The zero-order valence-corrected chi connectivity index (χ0v) is 14.4. The fourth-order valence-electron chi connectivity index (χ4n) is 2.28. The van der Waals surface area contributed by atoms with E-state index in [9.17, 15) is 4.79 Å². The minimum Gasteiger partial charge on any atom is -0.403 e. The highest BCUT2D eigenvalue weighted by Gasteiger charge is 2.16. The first-order valence-electron chi connectivity index (χ1n) is 7.11. The standard InChI is InChI=1S/C17H13Cl2N3O2/c1-9-3-5-12(10(2)7-9)15(23)20-17-22-21-16(24-17)13-6-4-11(18)8-14(13)19/h3-8H,1-2H3,(H,20,22,23). The second-order valence-corrected chi connectivity index (χ2v) is 6.15. The van der Waals surface area contributed by atoms with E-state index < -0.39 is 0 Å². The van der Waals surface area contributed by atoms with Crippen molar-refractivity contribution >= 4 is 35.1 Å². The van der Waals surface area contributed by atoms with Gasteiger partial charge in [-0.05, 0) is 43.7 Å². The largest absolute Gasteiger partial charge is 0.403 e. The van der Waals surface area contributed by atoms with Crippen molar-refractivity contribution < 1.29 is 9.21 Å². The first kappa shape index (κ1) is 16.5. The van der Waals surface area contributed by atoms with E-state index in [1.54, 1.807) is 24.3 Å². The molecule has 0 unspecified atom stereocenters. The van der Waals surface area contributed by atoms with Crippen LogP contribution in [-0.2, 0) is 0 Å². The van der Waals surface area contributed by atoms with Gasteiger partial charge in [-0.3, -0.25) is 10.1 Å². The van der Waals surface area contributed by atoms with Crippen molar-refractivity contribution in [1.82, 2.24) is 10.2 Å². The SMILES string of the molecule is Cc1ccc(C(=O)Nc2nnc(-c3ccc(Cl)cc3Cl)o2)c(C)c1. The molecule has 1 N–H and O–H groups in total. The smallest absolute Gasteiger partial charge is 0.322 e. The third-order valence-corrected chi connectivity index (χ3v) is 3.98. The molecule has 0 atom stereocenters. The second kappa shape index (κ2) is 6.63. The van der Waals surface area contributed by atoms with Crippen LogP contribution in [0.2, 0.25) is 10.0 Å². The molecular formula is C17H13Cl2N3O2. The Labute approximate surface area is 148 Å². The van der Waals surface area contributed by atoms with Crippen LogP contribution in [0.5, 0.6) is 0 Å². The number of amides is 1. The van der Waals surface area contributed by atoms with E-state index in [1.165, 1.54) is 0 Å². The summed E-state index contributed by atoms with van der Waals surface area (Å²) in [6, 6.07) is 10.5. The van der Waals surface area contributed by atoms with Crippen LogP contribution in [0.25, 0.3) is 11.5 Å². The molecule has 1 heterocycles. The number of nitrogens with zero attached hydrogens (tertiary/aromatic N) is 2. The molecule has 2 aromatic carbocycles. The molecule has 0 bridgehead atoms. The van der Waals surface area contributed by atoms with Crippen molar-refractivity contribution in [2.24, 2.45) is 0 Å². The molecule has 3 aromatic rings. The average Bonchev–Trinajstić information content (AvgIpc) is 2.95. The van der Waals surface area contributed by atoms with Crippen LogP contribution in [0, 0.1) is 13.8 Å². The van der Waals surface area contributed by atoms with Crippen LogP contribution < -0.4 is 5.32 Å². The van der Waals surface area contributed by atoms with Gasteiger partial charge in [-0.2, -0.15) is 0 Å². The van der Waals surface area contributed by atoms with E-state index in [2.05, 4.69) is 15.5 Å².